The lowest BCUT2D eigenvalue weighted by Crippen LogP contribution is -2.40. The summed E-state index contributed by atoms with van der Waals surface area (Å²) in [6, 6.07) is 46.9. The number of fused-ring (bicyclic) bond motifs is 2. The van der Waals surface area contributed by atoms with Crippen LogP contribution >= 0.6 is 0 Å². The molecule has 0 spiro atoms. The van der Waals surface area contributed by atoms with E-state index in [2.05, 4.69) is 149 Å². The number of carbonyl (C=O) groups excluding carboxylic acids is 2. The van der Waals surface area contributed by atoms with Gasteiger partial charge in [0.25, 0.3) is 0 Å². The molecule has 0 saturated carbocycles. The van der Waals surface area contributed by atoms with E-state index in [9.17, 15) is 14.7 Å². The van der Waals surface area contributed by atoms with E-state index in [1.54, 1.807) is 64.8 Å². The number of phenols is 1. The molecule has 588 valence electrons. The fourth-order valence-corrected chi connectivity index (χ4v) is 15.2. The van der Waals surface area contributed by atoms with Crippen molar-refractivity contribution in [2.24, 2.45) is 11.5 Å². The van der Waals surface area contributed by atoms with Gasteiger partial charge in [-0.15, -0.1) is 13.2 Å². The van der Waals surface area contributed by atoms with Crippen molar-refractivity contribution < 1.29 is 57.8 Å². The molecule has 20 heteroatoms. The first kappa shape index (κ1) is 87.4. The average Bonchev–Trinajstić information content (AvgIpc) is 1.69. The Morgan fingerprint density at radius 3 is 1.17 bits per heavy atom. The lowest BCUT2D eigenvalue weighted by molar-refractivity contribution is 0.0992. The minimum atomic E-state index is -1.84. The zero-order chi connectivity index (χ0) is 79.6. The minimum Gasteiger partial charge on any atom is -0.508 e. The predicted octanol–water partition coefficient (Wildman–Crippen LogP) is 17.0. The van der Waals surface area contributed by atoms with Gasteiger partial charge in [-0.3, -0.25) is 9.59 Å². The second-order valence-electron chi connectivity index (χ2n) is 31.0. The Hall–Kier alpha value is -8.81. The van der Waals surface area contributed by atoms with Crippen LogP contribution in [0.5, 0.6) is 28.7 Å². The number of aliphatic hydroxyl groups is 3. The van der Waals surface area contributed by atoms with Gasteiger partial charge < -0.3 is 78.6 Å². The van der Waals surface area contributed by atoms with Crippen LogP contribution < -0.4 is 30.4 Å². The first-order chi connectivity index (χ1) is 52.0. The van der Waals surface area contributed by atoms with Gasteiger partial charge in [0.2, 0.25) is 11.8 Å². The van der Waals surface area contributed by atoms with Crippen molar-refractivity contribution >= 4 is 50.3 Å². The van der Waals surface area contributed by atoms with Crippen LogP contribution in [0.1, 0.15) is 150 Å². The van der Waals surface area contributed by atoms with E-state index < -0.39 is 22.5 Å². The van der Waals surface area contributed by atoms with Gasteiger partial charge in [0.15, 0.2) is 16.6 Å². The molecule has 0 aliphatic carbocycles. The van der Waals surface area contributed by atoms with E-state index in [0.29, 0.717) is 36.4 Å². The molecule has 0 radical (unpaired) electrons. The molecular weight excluding hydrogens is 1400 g/mol. The molecule has 0 unspecified atom stereocenters. The van der Waals surface area contributed by atoms with Gasteiger partial charge in [0.1, 0.15) is 28.7 Å². The Bertz CT molecular complexity index is 4360. The van der Waals surface area contributed by atoms with Gasteiger partial charge in [0, 0.05) is 108 Å². The summed E-state index contributed by atoms with van der Waals surface area (Å²) in [5.74, 6) is 2.96. The van der Waals surface area contributed by atoms with Crippen LogP contribution in [0.25, 0.3) is 21.8 Å². The van der Waals surface area contributed by atoms with Gasteiger partial charge in [-0.1, -0.05) is 126 Å². The number of carbonyl (C=O) groups is 2. The summed E-state index contributed by atoms with van der Waals surface area (Å²) < 4.78 is 39.4. The molecule has 2 aliphatic heterocycles. The molecule has 9 aromatic rings. The Morgan fingerprint density at radius 2 is 0.826 bits per heavy atom. The smallest absolute Gasteiger partial charge is 0.248 e. The number of nitrogens with zero attached hydrogens (tertiary/aromatic N) is 4. The maximum atomic E-state index is 11.7. The lowest BCUT2D eigenvalue weighted by atomic mass is 10.0. The number of phenolic OH excluding ortho intramolecular Hbond substituents is 1. The minimum absolute atomic E-state index is 0.0194. The molecule has 18 nitrogen and oxygen atoms in total. The van der Waals surface area contributed by atoms with Crippen LogP contribution in [0.4, 0.5) is 0 Å². The Morgan fingerprint density at radius 1 is 0.477 bits per heavy atom. The normalized spacial score (nSPS) is 13.8. The number of allylic oxidation sites excluding steroid dienone is 2. The van der Waals surface area contributed by atoms with Crippen molar-refractivity contribution in [1.29, 1.82) is 0 Å². The number of aliphatic hydroxyl groups excluding tert-OH is 3. The number of ether oxygens (including phenoxy) is 4. The highest BCUT2D eigenvalue weighted by atomic mass is 28.4. The highest BCUT2D eigenvalue weighted by molar-refractivity contribution is 6.74. The zero-order valence-corrected chi connectivity index (χ0v) is 69.2. The van der Waals surface area contributed by atoms with Gasteiger partial charge in [-0.05, 0) is 199 Å². The van der Waals surface area contributed by atoms with E-state index in [4.69, 9.17) is 54.6 Å². The van der Waals surface area contributed by atoms with Crippen LogP contribution in [0.15, 0.2) is 183 Å². The monoisotopic (exact) mass is 1520 g/mol. The van der Waals surface area contributed by atoms with E-state index in [1.807, 2.05) is 78.9 Å². The maximum Gasteiger partial charge on any atom is 0.248 e. The van der Waals surface area contributed by atoms with Crippen molar-refractivity contribution in [3.63, 3.8) is 0 Å². The van der Waals surface area contributed by atoms with E-state index >= 15 is 0 Å². The fourth-order valence-electron chi connectivity index (χ4n) is 13.3. The highest BCUT2D eigenvalue weighted by Crippen LogP contribution is 2.40. The summed E-state index contributed by atoms with van der Waals surface area (Å²) >= 11 is 0. The van der Waals surface area contributed by atoms with Crippen LogP contribution in [-0.2, 0) is 67.6 Å². The Kier molecular flexibility index (Phi) is 33.1. The van der Waals surface area contributed by atoms with Crippen LogP contribution in [0.3, 0.4) is 0 Å². The number of aromatic nitrogens is 2. The molecule has 0 bridgehead atoms. The number of methoxy groups -OCH3 is 4. The number of aromatic hydroxyl groups is 1. The van der Waals surface area contributed by atoms with Gasteiger partial charge in [-0.2, -0.15) is 0 Å². The number of primary amides is 2. The number of hydrogen-bond acceptors (Lipinski definition) is 14. The van der Waals surface area contributed by atoms with Crippen molar-refractivity contribution in [3.05, 3.63) is 244 Å². The molecule has 11 rings (SSSR count). The number of piperidine rings is 2. The number of benzene rings is 7. The first-order valence-electron chi connectivity index (χ1n) is 37.9. The maximum absolute atomic E-state index is 11.7. The van der Waals surface area contributed by atoms with Crippen LogP contribution in [0.2, 0.25) is 36.3 Å². The molecule has 2 aliphatic rings. The molecule has 2 amide bonds. The summed E-state index contributed by atoms with van der Waals surface area (Å²) in [7, 11) is 3.21. The molecule has 2 fully saturated rings. The zero-order valence-electron chi connectivity index (χ0n) is 67.2. The van der Waals surface area contributed by atoms with E-state index in [-0.39, 0.29) is 41.6 Å². The third-order valence-corrected chi connectivity index (χ3v) is 30.9. The molecule has 2 saturated heterocycles. The highest BCUT2D eigenvalue weighted by Gasteiger charge is 2.38. The van der Waals surface area contributed by atoms with E-state index in [1.165, 1.54) is 28.3 Å². The van der Waals surface area contributed by atoms with Crippen molar-refractivity contribution in [2.75, 3.05) is 67.7 Å². The fraction of sp³-hybridized carbons (Fsp3) is 0.416. The van der Waals surface area contributed by atoms with Gasteiger partial charge in [0.05, 0.1) is 61.5 Å². The van der Waals surface area contributed by atoms with Crippen molar-refractivity contribution in [1.82, 2.24) is 18.9 Å². The summed E-state index contributed by atoms with van der Waals surface area (Å²) in [6.45, 7) is 37.7. The molecule has 4 heterocycles. The van der Waals surface area contributed by atoms with Crippen molar-refractivity contribution in [2.45, 2.75) is 174 Å². The third-order valence-electron chi connectivity index (χ3n) is 22.0. The van der Waals surface area contributed by atoms with Crippen LogP contribution in [0, 0.1) is 0 Å². The van der Waals surface area contributed by atoms with Gasteiger partial charge >= 0.3 is 0 Å². The topological polar surface area (TPSA) is 239 Å². The van der Waals surface area contributed by atoms with Crippen LogP contribution in [-0.4, -0.2) is 136 Å². The average molecular weight is 1520 g/mol. The number of amides is 2. The summed E-state index contributed by atoms with van der Waals surface area (Å²) in [5, 5.41) is 38.8. The molecule has 2 aromatic heterocycles. The second-order valence-corrected chi connectivity index (χ2v) is 40.6. The molecule has 109 heavy (non-hydrogen) atoms. The number of hydrogen-bond donors (Lipinski definition) is 6. The quantitative estimate of drug-likeness (QED) is 0.0207. The number of rotatable bonds is 27. The predicted molar refractivity (Wildman–Crippen MR) is 447 cm³/mol. The summed E-state index contributed by atoms with van der Waals surface area (Å²) in [6.07, 6.45) is 15.6. The molecule has 7 aromatic carbocycles. The van der Waals surface area contributed by atoms with E-state index in [0.717, 1.165) is 163 Å². The number of nitrogens with two attached hydrogens (primary N) is 2. The molecule has 8 N–H and O–H groups in total. The Labute approximate surface area is 650 Å². The molecular formula is C89H122N6O12Si2. The molecule has 0 atom stereocenters. The summed E-state index contributed by atoms with van der Waals surface area (Å²) in [4.78, 5) is 28.3. The lowest BCUT2D eigenvalue weighted by Gasteiger charge is -2.36. The first-order valence-corrected chi connectivity index (χ1v) is 43.8. The van der Waals surface area contributed by atoms with Gasteiger partial charge in [-0.25, -0.2) is 0 Å². The second kappa shape index (κ2) is 41.3. The van der Waals surface area contributed by atoms with Crippen molar-refractivity contribution in [3.8, 4) is 28.7 Å². The SMILES string of the molecule is C=CCc1c(CO)cccc1OC.C=CCc1c(CO[Si](C)(C)C(C)(C)C)cccc1OC.COc1cccc(CO)c1CCN1CCC(n2ccc3ccc(C(N)=O)cc32)CC1.COc1cccc(CO[Si](C)(C)C(C)(C)C)c1CCN1CCC(n2ccc3ccc(C(N)=O)cc32)CC1.OCc1cccc(O)c1. The standard InChI is InChI=1S/C30H43N3O3Si.C24H29N3O3.C17H28O2Si.C11H14O2.C7H8O2/c1-30(2,3)37(5,6)36-21-24-8-7-9-28(35-4)26(24)15-18-32-16-13-25(14-17-32)33-19-12-22-10-11-23(29(31)34)20-27(22)33;1-30-23-4-2-3-19(16-28)21(23)10-13-26-11-8-20(9-12-26)27-14-7-17-5-6-18(24(25)29)15-22(17)27;1-8-10-15-14(11-9-12-16(15)18-5)13-19-20(6,7)17(2,3)4;1-3-5-10-9(8-12)6-4-7-11(10)13-2;8-5-6-2-1-3-7(9)4-6/h7-12,19-20,25H,13-18,21H2,1-6H3,(H2,31,34);2-7,14-15,20,28H,8-13,16H2,1H3,(H2,25,29);8-9,11-12H,1,10,13H2,2-7H3;3-4,6-7,12H,1,5,8H2,2H3;1-4,8-9H,5H2. The third kappa shape index (κ3) is 24.1. The largest absolute Gasteiger partial charge is 0.508 e. The number of likely N-dealkylation sites (tertiary alicyclic amines) is 2. The Balaban J connectivity index is 0.000000205. The summed E-state index contributed by atoms with van der Waals surface area (Å²) in [5.41, 5.74) is 23.8.